The predicted molar refractivity (Wildman–Crippen MR) is 114 cm³/mol. The minimum atomic E-state index is -0.115. The van der Waals surface area contributed by atoms with Crippen LogP contribution >= 0.6 is 0 Å². The first-order valence-corrected chi connectivity index (χ1v) is 9.39. The SMILES string of the molecule is CO/N=C/c1ccc(C(=O)NCc2ccc(COCc3ccccc3)cc2)cc1. The smallest absolute Gasteiger partial charge is 0.251 e. The lowest BCUT2D eigenvalue weighted by atomic mass is 10.1. The summed E-state index contributed by atoms with van der Waals surface area (Å²) < 4.78 is 5.75. The second-order valence-corrected chi connectivity index (χ2v) is 6.52. The molecule has 0 bridgehead atoms. The molecular formula is C24H24N2O3. The van der Waals surface area contributed by atoms with Crippen LogP contribution in [-0.4, -0.2) is 19.2 Å². The number of carbonyl (C=O) groups is 1. The predicted octanol–water partition coefficient (Wildman–Crippen LogP) is 4.31. The minimum absolute atomic E-state index is 0.115. The van der Waals surface area contributed by atoms with Gasteiger partial charge in [0.1, 0.15) is 7.11 Å². The highest BCUT2D eigenvalue weighted by Gasteiger charge is 2.05. The molecule has 5 nitrogen and oxygen atoms in total. The van der Waals surface area contributed by atoms with Crippen LogP contribution in [-0.2, 0) is 29.3 Å². The standard InChI is InChI=1S/C24H24N2O3/c1-28-26-16-20-11-13-23(14-12-20)24(27)25-15-19-7-9-22(10-8-19)18-29-17-21-5-3-2-4-6-21/h2-14,16H,15,17-18H2,1H3,(H,25,27)/b26-16+. The molecule has 0 heterocycles. The van der Waals surface area contributed by atoms with E-state index in [0.717, 1.165) is 22.3 Å². The molecule has 3 rings (SSSR count). The van der Waals surface area contributed by atoms with E-state index in [1.165, 1.54) is 7.11 Å². The third-order valence-corrected chi connectivity index (χ3v) is 4.34. The van der Waals surface area contributed by atoms with Gasteiger partial charge < -0.3 is 14.9 Å². The van der Waals surface area contributed by atoms with Crippen LogP contribution in [0.1, 0.15) is 32.6 Å². The molecule has 5 heteroatoms. The normalized spacial score (nSPS) is 10.8. The fourth-order valence-electron chi connectivity index (χ4n) is 2.73. The summed E-state index contributed by atoms with van der Waals surface area (Å²) in [7, 11) is 1.49. The molecule has 29 heavy (non-hydrogen) atoms. The molecule has 0 aliphatic heterocycles. The second-order valence-electron chi connectivity index (χ2n) is 6.52. The molecule has 0 atom stereocenters. The number of nitrogens with zero attached hydrogens (tertiary/aromatic N) is 1. The zero-order valence-corrected chi connectivity index (χ0v) is 16.4. The lowest BCUT2D eigenvalue weighted by Gasteiger charge is -2.08. The van der Waals surface area contributed by atoms with Crippen molar-refractivity contribution in [3.63, 3.8) is 0 Å². The zero-order valence-electron chi connectivity index (χ0n) is 16.4. The maximum atomic E-state index is 12.3. The van der Waals surface area contributed by atoms with Crippen molar-refractivity contribution in [2.75, 3.05) is 7.11 Å². The molecule has 3 aromatic rings. The number of ether oxygens (including phenoxy) is 1. The van der Waals surface area contributed by atoms with E-state index in [0.29, 0.717) is 25.3 Å². The monoisotopic (exact) mass is 388 g/mol. The second kappa shape index (κ2) is 10.8. The summed E-state index contributed by atoms with van der Waals surface area (Å²) in [4.78, 5) is 16.9. The summed E-state index contributed by atoms with van der Waals surface area (Å²) in [5.74, 6) is -0.115. The Bertz CT molecular complexity index is 921. The Balaban J connectivity index is 1.44. The molecular weight excluding hydrogens is 364 g/mol. The summed E-state index contributed by atoms with van der Waals surface area (Å²) in [6, 6.07) is 25.3. The van der Waals surface area contributed by atoms with E-state index in [4.69, 9.17) is 4.74 Å². The summed E-state index contributed by atoms with van der Waals surface area (Å²) in [6.45, 7) is 1.62. The van der Waals surface area contributed by atoms with Crippen LogP contribution in [0.4, 0.5) is 0 Å². The molecule has 0 fully saturated rings. The van der Waals surface area contributed by atoms with Gasteiger partial charge in [0, 0.05) is 12.1 Å². The van der Waals surface area contributed by atoms with Gasteiger partial charge in [-0.05, 0) is 34.4 Å². The van der Waals surface area contributed by atoms with Gasteiger partial charge in [-0.1, -0.05) is 71.9 Å². The van der Waals surface area contributed by atoms with Crippen molar-refractivity contribution < 1.29 is 14.4 Å². The summed E-state index contributed by atoms with van der Waals surface area (Å²) in [6.07, 6.45) is 1.59. The van der Waals surface area contributed by atoms with E-state index < -0.39 is 0 Å². The Morgan fingerprint density at radius 2 is 1.48 bits per heavy atom. The van der Waals surface area contributed by atoms with Crippen LogP contribution in [0.25, 0.3) is 0 Å². The Hall–Kier alpha value is -3.44. The van der Waals surface area contributed by atoms with E-state index in [1.54, 1.807) is 18.3 Å². The van der Waals surface area contributed by atoms with Gasteiger partial charge in [-0.15, -0.1) is 0 Å². The first-order valence-electron chi connectivity index (χ1n) is 9.39. The number of benzene rings is 3. The Morgan fingerprint density at radius 3 is 2.14 bits per heavy atom. The Kier molecular flexibility index (Phi) is 7.55. The topological polar surface area (TPSA) is 59.9 Å². The van der Waals surface area contributed by atoms with E-state index in [2.05, 4.69) is 15.3 Å². The van der Waals surface area contributed by atoms with Gasteiger partial charge in [0.15, 0.2) is 0 Å². The van der Waals surface area contributed by atoms with Gasteiger partial charge >= 0.3 is 0 Å². The molecule has 0 saturated heterocycles. The first kappa shape index (κ1) is 20.3. The first-order chi connectivity index (χ1) is 14.2. The molecule has 0 aliphatic carbocycles. The van der Waals surface area contributed by atoms with E-state index in [9.17, 15) is 4.79 Å². The molecule has 0 unspecified atom stereocenters. The van der Waals surface area contributed by atoms with Crippen molar-refractivity contribution >= 4 is 12.1 Å². The van der Waals surface area contributed by atoms with Gasteiger partial charge in [-0.3, -0.25) is 4.79 Å². The highest BCUT2D eigenvalue weighted by molar-refractivity contribution is 5.94. The highest BCUT2D eigenvalue weighted by Crippen LogP contribution is 2.09. The molecule has 0 aliphatic rings. The molecule has 1 amide bonds. The average molecular weight is 388 g/mol. The van der Waals surface area contributed by atoms with E-state index in [-0.39, 0.29) is 5.91 Å². The number of amides is 1. The van der Waals surface area contributed by atoms with Crippen molar-refractivity contribution in [1.29, 1.82) is 0 Å². The fraction of sp³-hybridized carbons (Fsp3) is 0.167. The van der Waals surface area contributed by atoms with Crippen LogP contribution in [0.3, 0.4) is 0 Å². The molecule has 148 valence electrons. The number of carbonyl (C=O) groups excluding carboxylic acids is 1. The van der Waals surface area contributed by atoms with Gasteiger partial charge in [-0.2, -0.15) is 0 Å². The number of hydrogen-bond donors (Lipinski definition) is 1. The lowest BCUT2D eigenvalue weighted by molar-refractivity contribution is 0.0951. The fourth-order valence-corrected chi connectivity index (χ4v) is 2.73. The lowest BCUT2D eigenvalue weighted by Crippen LogP contribution is -2.22. The third kappa shape index (κ3) is 6.59. The minimum Gasteiger partial charge on any atom is -0.399 e. The van der Waals surface area contributed by atoms with Gasteiger partial charge in [0.25, 0.3) is 5.91 Å². The molecule has 3 aromatic carbocycles. The Morgan fingerprint density at radius 1 is 0.862 bits per heavy atom. The van der Waals surface area contributed by atoms with Crippen LogP contribution in [0.2, 0.25) is 0 Å². The zero-order chi connectivity index (χ0) is 20.3. The maximum absolute atomic E-state index is 12.3. The van der Waals surface area contributed by atoms with Crippen molar-refractivity contribution in [3.05, 3.63) is 107 Å². The largest absolute Gasteiger partial charge is 0.399 e. The van der Waals surface area contributed by atoms with Crippen LogP contribution in [0.15, 0.2) is 84.0 Å². The van der Waals surface area contributed by atoms with Crippen molar-refractivity contribution in [3.8, 4) is 0 Å². The van der Waals surface area contributed by atoms with Crippen molar-refractivity contribution in [1.82, 2.24) is 5.32 Å². The third-order valence-electron chi connectivity index (χ3n) is 4.34. The quantitative estimate of drug-likeness (QED) is 0.439. The average Bonchev–Trinajstić information content (AvgIpc) is 2.78. The Labute approximate surface area is 171 Å². The van der Waals surface area contributed by atoms with Crippen LogP contribution < -0.4 is 5.32 Å². The molecule has 1 N–H and O–H groups in total. The van der Waals surface area contributed by atoms with Crippen LogP contribution in [0, 0.1) is 0 Å². The van der Waals surface area contributed by atoms with Gasteiger partial charge in [0.05, 0.1) is 19.4 Å². The molecule has 0 saturated carbocycles. The molecule has 0 radical (unpaired) electrons. The number of oxime groups is 1. The van der Waals surface area contributed by atoms with E-state index >= 15 is 0 Å². The summed E-state index contributed by atoms with van der Waals surface area (Å²) in [5, 5.41) is 6.63. The van der Waals surface area contributed by atoms with Gasteiger partial charge in [-0.25, -0.2) is 0 Å². The van der Waals surface area contributed by atoms with Crippen molar-refractivity contribution in [2.45, 2.75) is 19.8 Å². The number of nitrogens with one attached hydrogen (secondary N) is 1. The van der Waals surface area contributed by atoms with E-state index in [1.807, 2.05) is 66.7 Å². The summed E-state index contributed by atoms with van der Waals surface area (Å²) >= 11 is 0. The highest BCUT2D eigenvalue weighted by atomic mass is 16.6. The van der Waals surface area contributed by atoms with Gasteiger partial charge in [0.2, 0.25) is 0 Å². The number of rotatable bonds is 9. The van der Waals surface area contributed by atoms with Crippen LogP contribution in [0.5, 0.6) is 0 Å². The van der Waals surface area contributed by atoms with Crippen molar-refractivity contribution in [2.24, 2.45) is 5.16 Å². The summed E-state index contributed by atoms with van der Waals surface area (Å²) in [5.41, 5.74) is 4.77. The molecule has 0 aromatic heterocycles. The maximum Gasteiger partial charge on any atom is 0.251 e. The number of hydrogen-bond acceptors (Lipinski definition) is 4. The molecule has 0 spiro atoms.